The molecule has 202 valence electrons. The van der Waals surface area contributed by atoms with Gasteiger partial charge in [0.05, 0.1) is 11.9 Å². The Labute approximate surface area is 226 Å². The molecule has 0 fully saturated rings. The molecule has 0 spiro atoms. The molecule has 0 aromatic heterocycles. The molecule has 0 saturated heterocycles. The van der Waals surface area contributed by atoms with Gasteiger partial charge in [-0.15, -0.1) is 0 Å². The first-order valence-electron chi connectivity index (χ1n) is 12.7. The molecule has 0 aliphatic carbocycles. The van der Waals surface area contributed by atoms with Gasteiger partial charge in [-0.1, -0.05) is 77.9 Å². The van der Waals surface area contributed by atoms with E-state index in [9.17, 15) is 18.0 Å². The lowest BCUT2D eigenvalue weighted by Crippen LogP contribution is -2.49. The van der Waals surface area contributed by atoms with Crippen LogP contribution in [0.15, 0.2) is 78.9 Å². The number of hydrogen-bond donors (Lipinski definition) is 1. The van der Waals surface area contributed by atoms with E-state index in [0.29, 0.717) is 18.5 Å². The molecular weight excluding hydrogens is 498 g/mol. The normalized spacial score (nSPS) is 12.0. The number of amides is 2. The van der Waals surface area contributed by atoms with Gasteiger partial charge in [-0.25, -0.2) is 8.42 Å². The van der Waals surface area contributed by atoms with Crippen molar-refractivity contribution in [3.05, 3.63) is 101 Å². The van der Waals surface area contributed by atoms with Gasteiger partial charge in [0.25, 0.3) is 0 Å². The lowest BCUT2D eigenvalue weighted by Gasteiger charge is -2.31. The fourth-order valence-corrected chi connectivity index (χ4v) is 5.41. The first-order chi connectivity index (χ1) is 18.1. The maximum absolute atomic E-state index is 13.7. The zero-order valence-corrected chi connectivity index (χ0v) is 23.4. The van der Waals surface area contributed by atoms with Crippen molar-refractivity contribution in [1.82, 2.24) is 10.2 Å². The van der Waals surface area contributed by atoms with Crippen LogP contribution in [0.5, 0.6) is 0 Å². The van der Waals surface area contributed by atoms with Crippen LogP contribution in [0.4, 0.5) is 5.69 Å². The minimum absolute atomic E-state index is 0.103. The van der Waals surface area contributed by atoms with Crippen molar-refractivity contribution in [1.29, 1.82) is 0 Å². The average molecular weight is 536 g/mol. The Bertz CT molecular complexity index is 1330. The minimum Gasteiger partial charge on any atom is -0.357 e. The quantitative estimate of drug-likeness (QED) is 0.376. The van der Waals surface area contributed by atoms with Crippen LogP contribution in [-0.2, 0) is 32.6 Å². The number of hydrogen-bond acceptors (Lipinski definition) is 4. The zero-order chi connectivity index (χ0) is 27.7. The number of sulfonamides is 1. The van der Waals surface area contributed by atoms with Crippen LogP contribution in [0.3, 0.4) is 0 Å². The third kappa shape index (κ3) is 8.18. The molecule has 0 unspecified atom stereocenters. The highest BCUT2D eigenvalue weighted by atomic mass is 32.2. The van der Waals surface area contributed by atoms with E-state index in [1.807, 2.05) is 80.6 Å². The monoisotopic (exact) mass is 535 g/mol. The molecule has 3 aromatic rings. The van der Waals surface area contributed by atoms with Gasteiger partial charge in [-0.05, 0) is 43.5 Å². The topological polar surface area (TPSA) is 86.8 Å². The van der Waals surface area contributed by atoms with Crippen molar-refractivity contribution in [3.8, 4) is 0 Å². The Balaban J connectivity index is 1.84. The van der Waals surface area contributed by atoms with Crippen molar-refractivity contribution in [2.24, 2.45) is 0 Å². The van der Waals surface area contributed by atoms with E-state index in [4.69, 9.17) is 0 Å². The van der Waals surface area contributed by atoms with Crippen LogP contribution in [0, 0.1) is 13.8 Å². The zero-order valence-electron chi connectivity index (χ0n) is 22.6. The number of nitrogens with one attached hydrogen (secondary N) is 1. The van der Waals surface area contributed by atoms with Crippen LogP contribution in [0.1, 0.15) is 35.1 Å². The third-order valence-electron chi connectivity index (χ3n) is 6.43. The maximum Gasteiger partial charge on any atom is 0.242 e. The van der Waals surface area contributed by atoms with Gasteiger partial charge >= 0.3 is 0 Å². The van der Waals surface area contributed by atoms with Gasteiger partial charge in [-0.3, -0.25) is 13.9 Å². The summed E-state index contributed by atoms with van der Waals surface area (Å²) in [5.74, 6) is -0.444. The van der Waals surface area contributed by atoms with Gasteiger partial charge in [0.2, 0.25) is 21.8 Å². The third-order valence-corrected chi connectivity index (χ3v) is 7.62. The molecule has 7 nitrogen and oxygen atoms in total. The molecule has 0 bridgehead atoms. The number of nitrogens with zero attached hydrogens (tertiary/aromatic N) is 2. The van der Waals surface area contributed by atoms with Crippen molar-refractivity contribution in [3.63, 3.8) is 0 Å². The largest absolute Gasteiger partial charge is 0.357 e. The highest BCUT2D eigenvalue weighted by Gasteiger charge is 2.30. The molecular formula is C30H37N3O4S. The summed E-state index contributed by atoms with van der Waals surface area (Å²) in [6.45, 7) is 4.36. The Hall–Kier alpha value is -3.65. The molecule has 1 N–H and O–H groups in total. The summed E-state index contributed by atoms with van der Waals surface area (Å²) < 4.78 is 26.4. The second-order valence-electron chi connectivity index (χ2n) is 9.60. The predicted molar refractivity (Wildman–Crippen MR) is 152 cm³/mol. The first kappa shape index (κ1) is 28.9. The number of anilines is 1. The molecule has 8 heteroatoms. The van der Waals surface area contributed by atoms with Gasteiger partial charge in [0.15, 0.2) is 0 Å². The molecule has 2 amide bonds. The number of carbonyl (C=O) groups is 2. The molecule has 0 saturated carbocycles. The second kappa shape index (κ2) is 13.2. The van der Waals surface area contributed by atoms with Gasteiger partial charge < -0.3 is 10.2 Å². The number of rotatable bonds is 12. The summed E-state index contributed by atoms with van der Waals surface area (Å²) in [6.07, 6.45) is 1.96. The number of likely N-dealkylation sites (N-methyl/N-ethyl adjacent to an activating group) is 1. The molecule has 3 rings (SSSR count). The van der Waals surface area contributed by atoms with Crippen LogP contribution in [0.25, 0.3) is 0 Å². The molecule has 3 aromatic carbocycles. The number of aryl methyl sites for hydroxylation is 2. The highest BCUT2D eigenvalue weighted by molar-refractivity contribution is 7.92. The first-order valence-corrected chi connectivity index (χ1v) is 14.6. The van der Waals surface area contributed by atoms with Gasteiger partial charge in [-0.2, -0.15) is 0 Å². The molecule has 0 heterocycles. The lowest BCUT2D eigenvalue weighted by atomic mass is 10.0. The minimum atomic E-state index is -3.53. The average Bonchev–Trinajstić information content (AvgIpc) is 2.88. The summed E-state index contributed by atoms with van der Waals surface area (Å²) in [5.41, 5.74) is 4.54. The molecule has 0 aliphatic heterocycles. The van der Waals surface area contributed by atoms with Crippen LogP contribution >= 0.6 is 0 Å². The van der Waals surface area contributed by atoms with Crippen LogP contribution in [-0.4, -0.2) is 51.0 Å². The van der Waals surface area contributed by atoms with Crippen molar-refractivity contribution < 1.29 is 18.0 Å². The van der Waals surface area contributed by atoms with E-state index in [-0.39, 0.29) is 31.3 Å². The standard InChI is InChI=1S/C30H37N3O4S/c1-23-15-17-27(18-16-23)33(38(4,36)37)19-9-14-29(34)32(22-26-13-8-10-24(2)20-26)28(30(35)31-3)21-25-11-6-5-7-12-25/h5-8,10-13,15-18,20,28H,9,14,19,21-22H2,1-4H3,(H,31,35)/t28-/m1/s1. The number of carbonyl (C=O) groups excluding carboxylic acids is 2. The number of benzene rings is 3. The molecule has 0 radical (unpaired) electrons. The van der Waals surface area contributed by atoms with Gasteiger partial charge in [0, 0.05) is 33.0 Å². The van der Waals surface area contributed by atoms with E-state index in [0.717, 1.165) is 22.3 Å². The fourth-order valence-electron chi connectivity index (χ4n) is 4.44. The Morgan fingerprint density at radius 2 is 1.53 bits per heavy atom. The van der Waals surface area contributed by atoms with E-state index < -0.39 is 16.1 Å². The Morgan fingerprint density at radius 1 is 0.868 bits per heavy atom. The Morgan fingerprint density at radius 3 is 2.13 bits per heavy atom. The van der Waals surface area contributed by atoms with Crippen LogP contribution in [0.2, 0.25) is 0 Å². The summed E-state index contributed by atoms with van der Waals surface area (Å²) in [4.78, 5) is 28.3. The van der Waals surface area contributed by atoms with E-state index >= 15 is 0 Å². The molecule has 1 atom stereocenters. The van der Waals surface area contributed by atoms with Crippen molar-refractivity contribution >= 4 is 27.5 Å². The predicted octanol–water partition coefficient (Wildman–Crippen LogP) is 4.24. The highest BCUT2D eigenvalue weighted by Crippen LogP contribution is 2.21. The molecule has 0 aliphatic rings. The van der Waals surface area contributed by atoms with Crippen LogP contribution < -0.4 is 9.62 Å². The van der Waals surface area contributed by atoms with E-state index in [2.05, 4.69) is 5.32 Å². The van der Waals surface area contributed by atoms with Crippen molar-refractivity contribution in [2.45, 2.75) is 45.7 Å². The van der Waals surface area contributed by atoms with E-state index in [1.54, 1.807) is 24.1 Å². The summed E-state index contributed by atoms with van der Waals surface area (Å²) in [7, 11) is -1.96. The summed E-state index contributed by atoms with van der Waals surface area (Å²) >= 11 is 0. The lowest BCUT2D eigenvalue weighted by molar-refractivity contribution is -0.141. The fraction of sp³-hybridized carbons (Fsp3) is 0.333. The smallest absolute Gasteiger partial charge is 0.242 e. The van der Waals surface area contributed by atoms with Gasteiger partial charge in [0.1, 0.15) is 6.04 Å². The van der Waals surface area contributed by atoms with E-state index in [1.165, 1.54) is 10.6 Å². The molecule has 38 heavy (non-hydrogen) atoms. The maximum atomic E-state index is 13.7. The van der Waals surface area contributed by atoms with Crippen molar-refractivity contribution in [2.75, 3.05) is 24.2 Å². The summed E-state index contributed by atoms with van der Waals surface area (Å²) in [6, 6.07) is 24.0. The Kier molecular flexibility index (Phi) is 10.1. The SMILES string of the molecule is CNC(=O)[C@@H](Cc1ccccc1)N(Cc1cccc(C)c1)C(=O)CCCN(c1ccc(C)cc1)S(C)(=O)=O. The second-order valence-corrected chi connectivity index (χ2v) is 11.5. The summed E-state index contributed by atoms with van der Waals surface area (Å²) in [5, 5.41) is 2.72.